The zero-order valence-electron chi connectivity index (χ0n) is 17.0. The molecule has 4 rings (SSSR count). The van der Waals surface area contributed by atoms with Gasteiger partial charge in [-0.05, 0) is 56.7 Å². The second kappa shape index (κ2) is 9.49. The van der Waals surface area contributed by atoms with E-state index in [4.69, 9.17) is 4.74 Å². The number of rotatable bonds is 7. The van der Waals surface area contributed by atoms with Crippen LogP contribution in [0.2, 0.25) is 0 Å². The van der Waals surface area contributed by atoms with E-state index in [0.29, 0.717) is 23.6 Å². The van der Waals surface area contributed by atoms with Gasteiger partial charge in [-0.2, -0.15) is 0 Å². The summed E-state index contributed by atoms with van der Waals surface area (Å²) in [4.78, 5) is 31.6. The highest BCUT2D eigenvalue weighted by Crippen LogP contribution is 2.39. The lowest BCUT2D eigenvalue weighted by molar-refractivity contribution is -0.115. The van der Waals surface area contributed by atoms with Crippen molar-refractivity contribution in [1.29, 1.82) is 0 Å². The Morgan fingerprint density at radius 1 is 1.20 bits per heavy atom. The second-order valence-electron chi connectivity index (χ2n) is 7.09. The van der Waals surface area contributed by atoms with Crippen molar-refractivity contribution >= 4 is 61.5 Å². The van der Waals surface area contributed by atoms with Crippen molar-refractivity contribution in [2.24, 2.45) is 0 Å². The lowest BCUT2D eigenvalue weighted by Crippen LogP contribution is -2.25. The monoisotopic (exact) mass is 460 g/mol. The number of esters is 1. The van der Waals surface area contributed by atoms with Crippen molar-refractivity contribution < 1.29 is 14.3 Å². The first-order valence-corrected chi connectivity index (χ1v) is 12.8. The summed E-state index contributed by atoms with van der Waals surface area (Å²) < 4.78 is 7.29. The van der Waals surface area contributed by atoms with Gasteiger partial charge in [-0.25, -0.2) is 9.78 Å². The van der Waals surface area contributed by atoms with E-state index in [1.165, 1.54) is 28.0 Å². The van der Waals surface area contributed by atoms with Crippen LogP contribution in [-0.2, 0) is 22.4 Å². The average molecular weight is 461 g/mol. The van der Waals surface area contributed by atoms with E-state index < -0.39 is 0 Å². The van der Waals surface area contributed by atoms with Crippen LogP contribution in [-0.4, -0.2) is 28.7 Å². The normalized spacial score (nSPS) is 14.3. The Bertz CT molecular complexity index is 1040. The molecule has 30 heavy (non-hydrogen) atoms. The van der Waals surface area contributed by atoms with Gasteiger partial charge in [-0.3, -0.25) is 4.79 Å². The average Bonchev–Trinajstić information content (AvgIpc) is 3.32. The Morgan fingerprint density at radius 2 is 2.00 bits per heavy atom. The molecule has 1 aliphatic rings. The van der Waals surface area contributed by atoms with Gasteiger partial charge in [-0.15, -0.1) is 22.7 Å². The molecule has 5 nitrogen and oxygen atoms in total. The largest absolute Gasteiger partial charge is 0.462 e. The molecule has 0 radical (unpaired) electrons. The number of benzene rings is 1. The molecule has 1 aliphatic carbocycles. The third-order valence-corrected chi connectivity index (χ3v) is 8.77. The predicted octanol–water partition coefficient (Wildman–Crippen LogP) is 5.92. The van der Waals surface area contributed by atoms with Gasteiger partial charge in [0.05, 0.1) is 27.6 Å². The second-order valence-corrected chi connectivity index (χ2v) is 10.7. The molecule has 0 unspecified atom stereocenters. The van der Waals surface area contributed by atoms with E-state index in [1.54, 1.807) is 18.3 Å². The summed E-state index contributed by atoms with van der Waals surface area (Å²) in [6.07, 6.45) is 4.68. The molecule has 2 aromatic heterocycles. The number of carbonyl (C=O) groups is 2. The highest BCUT2D eigenvalue weighted by molar-refractivity contribution is 8.02. The van der Waals surface area contributed by atoms with Crippen molar-refractivity contribution in [2.45, 2.75) is 55.5 Å². The number of nitrogens with zero attached hydrogens (tertiary/aromatic N) is 1. The molecular weight excluding hydrogens is 436 g/mol. The van der Waals surface area contributed by atoms with Crippen molar-refractivity contribution in [1.82, 2.24) is 4.98 Å². The van der Waals surface area contributed by atoms with Gasteiger partial charge in [0.25, 0.3) is 0 Å². The van der Waals surface area contributed by atoms with E-state index in [-0.39, 0.29) is 17.1 Å². The third kappa shape index (κ3) is 4.40. The number of thiazole rings is 1. The zero-order chi connectivity index (χ0) is 21.1. The van der Waals surface area contributed by atoms with E-state index >= 15 is 0 Å². The molecule has 1 aromatic carbocycles. The van der Waals surface area contributed by atoms with Gasteiger partial charge in [0.15, 0.2) is 4.34 Å². The smallest absolute Gasteiger partial charge is 0.341 e. The number of hydrogen-bond donors (Lipinski definition) is 1. The minimum atomic E-state index is -0.334. The lowest BCUT2D eigenvalue weighted by atomic mass is 9.95. The molecule has 1 N–H and O–H groups in total. The fourth-order valence-corrected chi connectivity index (χ4v) is 7.13. The van der Waals surface area contributed by atoms with Crippen molar-refractivity contribution in [3.05, 3.63) is 40.3 Å². The van der Waals surface area contributed by atoms with E-state index in [2.05, 4.69) is 10.3 Å². The summed E-state index contributed by atoms with van der Waals surface area (Å²) in [5.74, 6) is -0.426. The van der Waals surface area contributed by atoms with Crippen LogP contribution in [0.5, 0.6) is 0 Å². The molecule has 8 heteroatoms. The van der Waals surface area contributed by atoms with Gasteiger partial charge < -0.3 is 10.1 Å². The first kappa shape index (κ1) is 21.3. The number of hydrogen-bond acceptors (Lipinski definition) is 7. The maximum Gasteiger partial charge on any atom is 0.341 e. The van der Waals surface area contributed by atoms with Crippen molar-refractivity contribution in [2.75, 3.05) is 11.9 Å². The van der Waals surface area contributed by atoms with E-state index in [9.17, 15) is 9.59 Å². The third-order valence-electron chi connectivity index (χ3n) is 5.07. The number of carbonyl (C=O) groups excluding carboxylic acids is 2. The van der Waals surface area contributed by atoms with Crippen LogP contribution >= 0.6 is 34.4 Å². The van der Waals surface area contributed by atoms with Crippen molar-refractivity contribution in [3.63, 3.8) is 0 Å². The number of thiophene rings is 1. The van der Waals surface area contributed by atoms with Crippen LogP contribution in [0, 0.1) is 0 Å². The maximum atomic E-state index is 13.1. The summed E-state index contributed by atoms with van der Waals surface area (Å²) in [6.45, 7) is 4.12. The molecular formula is C22H24N2O3S3. The van der Waals surface area contributed by atoms with Crippen LogP contribution in [0.25, 0.3) is 10.2 Å². The van der Waals surface area contributed by atoms with E-state index in [1.807, 2.05) is 31.2 Å². The Morgan fingerprint density at radius 3 is 2.77 bits per heavy atom. The maximum absolute atomic E-state index is 13.1. The minimum absolute atomic E-state index is 0.0918. The summed E-state index contributed by atoms with van der Waals surface area (Å²) in [5.41, 5.74) is 2.58. The topological polar surface area (TPSA) is 68.3 Å². The molecule has 0 saturated carbocycles. The van der Waals surface area contributed by atoms with Crippen LogP contribution < -0.4 is 5.32 Å². The van der Waals surface area contributed by atoms with Gasteiger partial charge >= 0.3 is 5.97 Å². The van der Waals surface area contributed by atoms with Crippen LogP contribution in [0.1, 0.15) is 53.9 Å². The molecule has 1 amide bonds. The number of thioether (sulfide) groups is 1. The number of aryl methyl sites for hydroxylation is 1. The molecule has 0 fully saturated rings. The molecule has 2 heterocycles. The summed E-state index contributed by atoms with van der Waals surface area (Å²) in [7, 11) is 0. The molecule has 1 atom stereocenters. The summed E-state index contributed by atoms with van der Waals surface area (Å²) in [5, 5.41) is 3.40. The quantitative estimate of drug-likeness (QED) is 0.350. The van der Waals surface area contributed by atoms with Crippen LogP contribution in [0.3, 0.4) is 0 Å². The number of para-hydroxylation sites is 1. The number of aromatic nitrogens is 1. The molecule has 0 aliphatic heterocycles. The fourth-order valence-electron chi connectivity index (χ4n) is 3.61. The molecule has 0 bridgehead atoms. The minimum Gasteiger partial charge on any atom is -0.462 e. The highest BCUT2D eigenvalue weighted by Gasteiger charge is 2.29. The van der Waals surface area contributed by atoms with Crippen molar-refractivity contribution in [3.8, 4) is 0 Å². The highest BCUT2D eigenvalue weighted by atomic mass is 32.2. The Balaban J connectivity index is 1.55. The summed E-state index contributed by atoms with van der Waals surface area (Å²) >= 11 is 4.61. The first-order chi connectivity index (χ1) is 14.6. The standard InChI is InChI=1S/C22H24N2O3S3/c1-3-15(29-22-23-14-10-6-8-12-17(14)30-22)19(25)24-20-18(21(26)27-4-2)13-9-5-7-11-16(13)28-20/h6,8,10,12,15H,3-5,7,9,11H2,1-2H3,(H,24,25)/t15-/m1/s1. The predicted molar refractivity (Wildman–Crippen MR) is 125 cm³/mol. The number of amides is 1. The van der Waals surface area contributed by atoms with E-state index in [0.717, 1.165) is 45.8 Å². The van der Waals surface area contributed by atoms with Crippen LogP contribution in [0.15, 0.2) is 28.6 Å². The Labute approximate surface area is 188 Å². The zero-order valence-corrected chi connectivity index (χ0v) is 19.5. The van der Waals surface area contributed by atoms with Gasteiger partial charge in [0.1, 0.15) is 5.00 Å². The SMILES string of the molecule is CCOC(=O)c1c(NC(=O)[C@@H](CC)Sc2nc3ccccc3s2)sc2c1CCCC2. The van der Waals surface area contributed by atoms with Gasteiger partial charge in [-0.1, -0.05) is 30.8 Å². The Kier molecular flexibility index (Phi) is 6.75. The number of ether oxygens (including phenoxy) is 1. The Hall–Kier alpha value is -1.90. The van der Waals surface area contributed by atoms with Crippen LogP contribution in [0.4, 0.5) is 5.00 Å². The number of nitrogens with one attached hydrogen (secondary N) is 1. The lowest BCUT2D eigenvalue weighted by Gasteiger charge is -2.14. The number of anilines is 1. The molecule has 3 aromatic rings. The molecule has 0 saturated heterocycles. The fraction of sp³-hybridized carbons (Fsp3) is 0.409. The molecule has 158 valence electrons. The molecule has 0 spiro atoms. The number of fused-ring (bicyclic) bond motifs is 2. The van der Waals surface area contributed by atoms with Gasteiger partial charge in [0, 0.05) is 4.88 Å². The van der Waals surface area contributed by atoms with Gasteiger partial charge in [0.2, 0.25) is 5.91 Å². The summed E-state index contributed by atoms with van der Waals surface area (Å²) in [6, 6.07) is 7.99. The first-order valence-electron chi connectivity index (χ1n) is 10.3.